The van der Waals surface area contributed by atoms with E-state index >= 15 is 0 Å². The second kappa shape index (κ2) is 8.99. The number of benzene rings is 2. The molecule has 2 nitrogen and oxygen atoms in total. The van der Waals surface area contributed by atoms with Crippen LogP contribution in [0.15, 0.2) is 53.4 Å². The van der Waals surface area contributed by atoms with Gasteiger partial charge in [0, 0.05) is 11.5 Å². The highest BCUT2D eigenvalue weighted by atomic mass is 32.2. The number of aliphatic hydroxyl groups excluding tert-OH is 2. The third kappa shape index (κ3) is 4.87. The Morgan fingerprint density at radius 1 is 0.864 bits per heavy atom. The number of thioether (sulfide) groups is 1. The van der Waals surface area contributed by atoms with Crippen molar-refractivity contribution < 1.29 is 10.2 Å². The molecule has 0 amide bonds. The molecule has 0 aliphatic heterocycles. The molecular weight excluding hydrogens is 292 g/mol. The molecule has 0 heterocycles. The quantitative estimate of drug-likeness (QED) is 0.549. The highest BCUT2D eigenvalue weighted by Gasteiger charge is 2.07. The molecule has 2 rings (SSSR count). The monoisotopic (exact) mass is 316 g/mol. The van der Waals surface area contributed by atoms with Crippen molar-refractivity contribution >= 4 is 11.8 Å². The maximum absolute atomic E-state index is 10.2. The molecule has 0 spiro atoms. The summed E-state index contributed by atoms with van der Waals surface area (Å²) >= 11 is 1.74. The highest BCUT2D eigenvalue weighted by molar-refractivity contribution is 7.98. The van der Waals surface area contributed by atoms with E-state index in [1.807, 2.05) is 12.1 Å². The first-order valence-electron chi connectivity index (χ1n) is 7.78. The van der Waals surface area contributed by atoms with Gasteiger partial charge in [-0.25, -0.2) is 0 Å². The molecule has 22 heavy (non-hydrogen) atoms. The number of hydrogen-bond acceptors (Lipinski definition) is 3. The molecule has 0 radical (unpaired) electrons. The van der Waals surface area contributed by atoms with Crippen LogP contribution in [0.2, 0.25) is 0 Å². The Labute approximate surface area is 137 Å². The minimum absolute atomic E-state index is 0.236. The molecule has 0 saturated carbocycles. The van der Waals surface area contributed by atoms with E-state index in [1.54, 1.807) is 11.8 Å². The number of hydrogen-bond donors (Lipinski definition) is 2. The maximum atomic E-state index is 10.2. The topological polar surface area (TPSA) is 40.5 Å². The molecule has 0 aromatic heterocycles. The average molecular weight is 316 g/mol. The summed E-state index contributed by atoms with van der Waals surface area (Å²) in [7, 11) is 0. The average Bonchev–Trinajstić information content (AvgIpc) is 2.59. The predicted octanol–water partition coefficient (Wildman–Crippen LogP) is 4.66. The van der Waals surface area contributed by atoms with Gasteiger partial charge in [-0.1, -0.05) is 49.2 Å². The zero-order valence-electron chi connectivity index (χ0n) is 13.0. The molecule has 1 atom stereocenters. The van der Waals surface area contributed by atoms with E-state index in [9.17, 15) is 5.11 Å². The van der Waals surface area contributed by atoms with E-state index in [4.69, 9.17) is 5.11 Å². The molecule has 2 aromatic rings. The van der Waals surface area contributed by atoms with Gasteiger partial charge in [-0.2, -0.15) is 0 Å². The molecule has 0 fully saturated rings. The number of aliphatic hydroxyl groups is 2. The predicted molar refractivity (Wildman–Crippen MR) is 94.2 cm³/mol. The van der Waals surface area contributed by atoms with Crippen molar-refractivity contribution in [3.8, 4) is 11.1 Å². The van der Waals surface area contributed by atoms with Crippen molar-refractivity contribution in [1.29, 1.82) is 0 Å². The van der Waals surface area contributed by atoms with Crippen LogP contribution in [0.25, 0.3) is 11.1 Å². The molecule has 3 heteroatoms. The lowest BCUT2D eigenvalue weighted by Gasteiger charge is -2.12. The van der Waals surface area contributed by atoms with Gasteiger partial charge < -0.3 is 10.2 Å². The van der Waals surface area contributed by atoms with Crippen LogP contribution in [0.1, 0.15) is 37.4 Å². The Hall–Kier alpha value is -1.29. The van der Waals surface area contributed by atoms with Crippen molar-refractivity contribution in [3.63, 3.8) is 0 Å². The fraction of sp³-hybridized carbons (Fsp3) is 0.368. The lowest BCUT2D eigenvalue weighted by atomic mass is 9.99. The first-order valence-corrected chi connectivity index (χ1v) is 9.00. The summed E-state index contributed by atoms with van der Waals surface area (Å²) in [6, 6.07) is 16.7. The smallest absolute Gasteiger partial charge is 0.0790 e. The summed E-state index contributed by atoms with van der Waals surface area (Å²) in [6.07, 6.45) is 5.14. The van der Waals surface area contributed by atoms with Crippen molar-refractivity contribution in [3.05, 3.63) is 54.1 Å². The molecule has 0 saturated heterocycles. The van der Waals surface area contributed by atoms with Crippen molar-refractivity contribution in [1.82, 2.24) is 0 Å². The van der Waals surface area contributed by atoms with Gasteiger partial charge in [-0.15, -0.1) is 11.8 Å². The molecule has 0 aliphatic carbocycles. The summed E-state index contributed by atoms with van der Waals surface area (Å²) in [5.41, 5.74) is 3.33. The van der Waals surface area contributed by atoms with Crippen LogP contribution in [-0.2, 0) is 0 Å². The third-order valence-electron chi connectivity index (χ3n) is 3.85. The zero-order chi connectivity index (χ0) is 15.8. The van der Waals surface area contributed by atoms with Gasteiger partial charge >= 0.3 is 0 Å². The van der Waals surface area contributed by atoms with E-state index in [-0.39, 0.29) is 6.61 Å². The van der Waals surface area contributed by atoms with Crippen molar-refractivity contribution in [2.75, 3.05) is 12.9 Å². The largest absolute Gasteiger partial charge is 0.396 e. The lowest BCUT2D eigenvalue weighted by Crippen LogP contribution is -1.97. The minimum Gasteiger partial charge on any atom is -0.396 e. The molecule has 118 valence electrons. The Morgan fingerprint density at radius 3 is 2.00 bits per heavy atom. The molecule has 2 N–H and O–H groups in total. The normalized spacial score (nSPS) is 12.3. The Bertz CT molecular complexity index is 549. The van der Waals surface area contributed by atoms with E-state index in [0.29, 0.717) is 0 Å². The van der Waals surface area contributed by atoms with Gasteiger partial charge in [0.1, 0.15) is 0 Å². The second-order valence-corrected chi connectivity index (χ2v) is 6.32. The molecular formula is C19H24O2S. The first kappa shape index (κ1) is 17.1. The third-order valence-corrected chi connectivity index (χ3v) is 4.60. The van der Waals surface area contributed by atoms with Gasteiger partial charge in [0.25, 0.3) is 0 Å². The Kier molecular flexibility index (Phi) is 6.97. The maximum Gasteiger partial charge on any atom is 0.0790 e. The van der Waals surface area contributed by atoms with E-state index in [0.717, 1.165) is 31.2 Å². The van der Waals surface area contributed by atoms with Crippen LogP contribution < -0.4 is 0 Å². The van der Waals surface area contributed by atoms with E-state index < -0.39 is 6.10 Å². The van der Waals surface area contributed by atoms with E-state index in [2.05, 4.69) is 42.7 Å². The van der Waals surface area contributed by atoms with Crippen LogP contribution in [0.4, 0.5) is 0 Å². The molecule has 2 aromatic carbocycles. The molecule has 0 bridgehead atoms. The van der Waals surface area contributed by atoms with Crippen molar-refractivity contribution in [2.24, 2.45) is 0 Å². The fourth-order valence-corrected chi connectivity index (χ4v) is 2.88. The van der Waals surface area contributed by atoms with Crippen molar-refractivity contribution in [2.45, 2.75) is 36.7 Å². The minimum atomic E-state index is -0.411. The van der Waals surface area contributed by atoms with Crippen LogP contribution in [0, 0.1) is 0 Å². The van der Waals surface area contributed by atoms with Gasteiger partial charge in [0.05, 0.1) is 6.10 Å². The second-order valence-electron chi connectivity index (χ2n) is 5.44. The lowest BCUT2D eigenvalue weighted by molar-refractivity contribution is 0.162. The standard InChI is InChI=1S/C19H24O2S/c1-22-18-12-10-16(11-13-18)15-6-8-17(9-7-15)19(21)5-3-2-4-14-20/h6-13,19-21H,2-5,14H2,1H3. The van der Waals surface area contributed by atoms with Gasteiger partial charge in [-0.05, 0) is 47.9 Å². The fourth-order valence-electron chi connectivity index (χ4n) is 2.47. The zero-order valence-corrected chi connectivity index (χ0v) is 13.9. The first-order chi connectivity index (χ1) is 10.7. The number of rotatable bonds is 8. The SMILES string of the molecule is CSc1ccc(-c2ccc(C(O)CCCCCO)cc2)cc1. The van der Waals surface area contributed by atoms with Gasteiger partial charge in [0.2, 0.25) is 0 Å². The Balaban J connectivity index is 1.96. The highest BCUT2D eigenvalue weighted by Crippen LogP contribution is 2.26. The van der Waals surface area contributed by atoms with Gasteiger partial charge in [-0.3, -0.25) is 0 Å². The van der Waals surface area contributed by atoms with Gasteiger partial charge in [0.15, 0.2) is 0 Å². The van der Waals surface area contributed by atoms with Crippen LogP contribution in [-0.4, -0.2) is 23.1 Å². The summed E-state index contributed by atoms with van der Waals surface area (Å²) < 4.78 is 0. The summed E-state index contributed by atoms with van der Waals surface area (Å²) in [4.78, 5) is 1.26. The summed E-state index contributed by atoms with van der Waals surface area (Å²) in [5.74, 6) is 0. The van der Waals surface area contributed by atoms with Crippen LogP contribution in [0.3, 0.4) is 0 Å². The number of unbranched alkanes of at least 4 members (excludes halogenated alkanes) is 2. The Morgan fingerprint density at radius 2 is 1.45 bits per heavy atom. The van der Waals surface area contributed by atoms with E-state index in [1.165, 1.54) is 16.0 Å². The van der Waals surface area contributed by atoms with Crippen LogP contribution in [0.5, 0.6) is 0 Å². The molecule has 0 aliphatic rings. The molecule has 1 unspecified atom stereocenters. The summed E-state index contributed by atoms with van der Waals surface area (Å²) in [6.45, 7) is 0.236. The van der Waals surface area contributed by atoms with Crippen LogP contribution >= 0.6 is 11.8 Å². The summed E-state index contributed by atoms with van der Waals surface area (Å²) in [5, 5.41) is 18.9.